The summed E-state index contributed by atoms with van der Waals surface area (Å²) in [6.45, 7) is 6.56. The zero-order valence-corrected chi connectivity index (χ0v) is 11.8. The first-order chi connectivity index (χ1) is 8.20. The zero-order chi connectivity index (χ0) is 13.6. The highest BCUT2D eigenvalue weighted by Crippen LogP contribution is 2.45. The molecule has 0 aromatic heterocycles. The summed E-state index contributed by atoms with van der Waals surface area (Å²) in [5.74, 6) is 0. The summed E-state index contributed by atoms with van der Waals surface area (Å²) < 4.78 is 22.3. The summed E-state index contributed by atoms with van der Waals surface area (Å²) in [4.78, 5) is 0.158. The van der Waals surface area contributed by atoms with Crippen LogP contribution in [0.4, 0.5) is 0 Å². The van der Waals surface area contributed by atoms with Gasteiger partial charge in [-0.05, 0) is 36.5 Å². The summed E-state index contributed by atoms with van der Waals surface area (Å²) in [5.41, 5.74) is 1.46. The Bertz CT molecular complexity index is 535. The maximum absolute atomic E-state index is 11.1. The first kappa shape index (κ1) is 13.5. The lowest BCUT2D eigenvalue weighted by molar-refractivity contribution is 0.491. The molecule has 0 spiro atoms. The van der Waals surface area contributed by atoms with Crippen molar-refractivity contribution in [3.63, 3.8) is 0 Å². The predicted octanol–water partition coefficient (Wildman–Crippen LogP) is 1.78. The number of nitrogens with one attached hydrogen (secondary N) is 1. The monoisotopic (exact) mass is 268 g/mol. The molecule has 3 N–H and O–H groups in total. The molecule has 1 fully saturated rings. The normalized spacial score (nSPS) is 23.7. The summed E-state index contributed by atoms with van der Waals surface area (Å²) in [6, 6.07) is 7.50. The fourth-order valence-corrected chi connectivity index (χ4v) is 2.61. The number of sulfonamides is 1. The van der Waals surface area contributed by atoms with Crippen molar-refractivity contribution in [3.8, 4) is 0 Å². The SMILES string of the molecule is CC(NC1CC1(C)C)c1ccc(S(N)(=O)=O)cc1. The van der Waals surface area contributed by atoms with Gasteiger partial charge in [0.1, 0.15) is 0 Å². The van der Waals surface area contributed by atoms with Crippen molar-refractivity contribution in [1.82, 2.24) is 5.32 Å². The summed E-state index contributed by atoms with van der Waals surface area (Å²) in [7, 11) is -3.59. The van der Waals surface area contributed by atoms with Crippen LogP contribution >= 0.6 is 0 Å². The highest BCUT2D eigenvalue weighted by Gasteiger charge is 2.45. The molecule has 1 aliphatic rings. The molecule has 1 aliphatic carbocycles. The summed E-state index contributed by atoms with van der Waals surface area (Å²) in [6.07, 6.45) is 1.19. The van der Waals surface area contributed by atoms with Crippen LogP contribution in [0.1, 0.15) is 38.8 Å². The van der Waals surface area contributed by atoms with E-state index in [1.807, 2.05) is 12.1 Å². The molecule has 1 aromatic rings. The minimum absolute atomic E-state index is 0.158. The van der Waals surface area contributed by atoms with Gasteiger partial charge >= 0.3 is 0 Å². The average molecular weight is 268 g/mol. The van der Waals surface area contributed by atoms with Gasteiger partial charge in [0.25, 0.3) is 0 Å². The third-order valence-electron chi connectivity index (χ3n) is 3.67. The number of rotatable bonds is 4. The maximum Gasteiger partial charge on any atom is 0.238 e. The smallest absolute Gasteiger partial charge is 0.238 e. The second-order valence-corrected chi connectivity index (χ2v) is 7.31. The van der Waals surface area contributed by atoms with Crippen LogP contribution in [0.2, 0.25) is 0 Å². The highest BCUT2D eigenvalue weighted by atomic mass is 32.2. The van der Waals surface area contributed by atoms with Crippen LogP contribution in [0.3, 0.4) is 0 Å². The molecule has 0 saturated heterocycles. The molecular formula is C13H20N2O2S. The third-order valence-corrected chi connectivity index (χ3v) is 4.60. The topological polar surface area (TPSA) is 72.2 Å². The molecule has 2 rings (SSSR count). The quantitative estimate of drug-likeness (QED) is 0.874. The Labute approximate surface area is 109 Å². The predicted molar refractivity (Wildman–Crippen MR) is 71.6 cm³/mol. The van der Waals surface area contributed by atoms with Crippen molar-refractivity contribution in [2.45, 2.75) is 44.2 Å². The number of benzene rings is 1. The standard InChI is InChI=1S/C13H20N2O2S/c1-9(15-12-8-13(12,2)3)10-4-6-11(7-5-10)18(14,16)17/h4-7,9,12,15H,8H2,1-3H3,(H2,14,16,17). The van der Waals surface area contributed by atoms with Crippen molar-refractivity contribution in [3.05, 3.63) is 29.8 Å². The van der Waals surface area contributed by atoms with Crippen molar-refractivity contribution in [1.29, 1.82) is 0 Å². The van der Waals surface area contributed by atoms with Gasteiger partial charge in [-0.1, -0.05) is 26.0 Å². The van der Waals surface area contributed by atoms with Gasteiger partial charge in [-0.3, -0.25) is 0 Å². The van der Waals surface area contributed by atoms with Gasteiger partial charge in [-0.2, -0.15) is 0 Å². The molecule has 100 valence electrons. The number of primary sulfonamides is 1. The fourth-order valence-electron chi connectivity index (χ4n) is 2.10. The van der Waals surface area contributed by atoms with Gasteiger partial charge in [0.05, 0.1) is 4.90 Å². The molecule has 0 bridgehead atoms. The van der Waals surface area contributed by atoms with E-state index in [2.05, 4.69) is 26.1 Å². The minimum Gasteiger partial charge on any atom is -0.307 e. The average Bonchev–Trinajstić information content (AvgIpc) is 2.85. The van der Waals surface area contributed by atoms with Crippen LogP contribution in [0.15, 0.2) is 29.2 Å². The van der Waals surface area contributed by atoms with Gasteiger partial charge in [-0.15, -0.1) is 0 Å². The van der Waals surface area contributed by atoms with E-state index < -0.39 is 10.0 Å². The van der Waals surface area contributed by atoms with Gasteiger partial charge in [-0.25, -0.2) is 13.6 Å². The Kier molecular flexibility index (Phi) is 3.25. The van der Waals surface area contributed by atoms with E-state index in [0.717, 1.165) is 5.56 Å². The number of hydrogen-bond acceptors (Lipinski definition) is 3. The Morgan fingerprint density at radius 2 is 1.83 bits per heavy atom. The van der Waals surface area contributed by atoms with Crippen LogP contribution in [0.5, 0.6) is 0 Å². The molecule has 0 aliphatic heterocycles. The van der Waals surface area contributed by atoms with Gasteiger partial charge in [0.2, 0.25) is 10.0 Å². The number of hydrogen-bond donors (Lipinski definition) is 2. The van der Waals surface area contributed by atoms with Crippen LogP contribution in [-0.2, 0) is 10.0 Å². The van der Waals surface area contributed by atoms with Crippen LogP contribution in [-0.4, -0.2) is 14.5 Å². The summed E-state index contributed by atoms with van der Waals surface area (Å²) in [5, 5.41) is 8.60. The Balaban J connectivity index is 2.06. The molecule has 1 aromatic carbocycles. The first-order valence-electron chi connectivity index (χ1n) is 6.09. The van der Waals surface area contributed by atoms with E-state index in [-0.39, 0.29) is 10.9 Å². The highest BCUT2D eigenvalue weighted by molar-refractivity contribution is 7.89. The largest absolute Gasteiger partial charge is 0.307 e. The van der Waals surface area contributed by atoms with E-state index in [1.54, 1.807) is 12.1 Å². The number of nitrogens with two attached hydrogens (primary N) is 1. The van der Waals surface area contributed by atoms with E-state index in [1.165, 1.54) is 6.42 Å². The second kappa shape index (κ2) is 4.33. The van der Waals surface area contributed by atoms with E-state index >= 15 is 0 Å². The molecule has 1 saturated carbocycles. The minimum atomic E-state index is -3.59. The second-order valence-electron chi connectivity index (χ2n) is 5.75. The van der Waals surface area contributed by atoms with Crippen molar-refractivity contribution < 1.29 is 8.42 Å². The summed E-state index contributed by atoms with van der Waals surface area (Å²) >= 11 is 0. The Morgan fingerprint density at radius 3 is 2.22 bits per heavy atom. The van der Waals surface area contributed by atoms with Crippen LogP contribution in [0.25, 0.3) is 0 Å². The van der Waals surface area contributed by atoms with Crippen LogP contribution in [0, 0.1) is 5.41 Å². The molecule has 4 nitrogen and oxygen atoms in total. The fraction of sp³-hybridized carbons (Fsp3) is 0.538. The molecule has 0 amide bonds. The molecule has 2 unspecified atom stereocenters. The van der Waals surface area contributed by atoms with Crippen LogP contribution < -0.4 is 10.5 Å². The third kappa shape index (κ3) is 2.91. The molecule has 0 heterocycles. The molecule has 5 heteroatoms. The van der Waals surface area contributed by atoms with Gasteiger partial charge in [0.15, 0.2) is 0 Å². The van der Waals surface area contributed by atoms with Crippen molar-refractivity contribution in [2.75, 3.05) is 0 Å². The van der Waals surface area contributed by atoms with Crippen molar-refractivity contribution in [2.24, 2.45) is 10.6 Å². The zero-order valence-electron chi connectivity index (χ0n) is 11.0. The van der Waals surface area contributed by atoms with E-state index in [0.29, 0.717) is 11.5 Å². The lowest BCUT2D eigenvalue weighted by atomic mass is 10.1. The lowest BCUT2D eigenvalue weighted by Crippen LogP contribution is -2.24. The van der Waals surface area contributed by atoms with E-state index in [9.17, 15) is 8.42 Å². The lowest BCUT2D eigenvalue weighted by Gasteiger charge is -2.15. The molecule has 0 radical (unpaired) electrons. The van der Waals surface area contributed by atoms with Gasteiger partial charge < -0.3 is 5.32 Å². The Hall–Kier alpha value is -0.910. The van der Waals surface area contributed by atoms with E-state index in [4.69, 9.17) is 5.14 Å². The molecular weight excluding hydrogens is 248 g/mol. The molecule has 2 atom stereocenters. The maximum atomic E-state index is 11.1. The Morgan fingerprint density at radius 1 is 1.33 bits per heavy atom. The first-order valence-corrected chi connectivity index (χ1v) is 7.63. The van der Waals surface area contributed by atoms with Gasteiger partial charge in [0, 0.05) is 12.1 Å². The van der Waals surface area contributed by atoms with Crippen molar-refractivity contribution >= 4 is 10.0 Å². The molecule has 18 heavy (non-hydrogen) atoms.